The van der Waals surface area contributed by atoms with Crippen LogP contribution in [0.25, 0.3) is 0 Å². The first-order valence-electron chi connectivity index (χ1n) is 13.8. The van der Waals surface area contributed by atoms with Crippen LogP contribution in [0.3, 0.4) is 0 Å². The van der Waals surface area contributed by atoms with Crippen LogP contribution in [0.15, 0.2) is 18.2 Å². The zero-order chi connectivity index (χ0) is 24.8. The van der Waals surface area contributed by atoms with Crippen molar-refractivity contribution in [3.8, 4) is 5.75 Å². The van der Waals surface area contributed by atoms with Gasteiger partial charge in [-0.25, -0.2) is 4.79 Å². The Hall–Kier alpha value is -2.08. The van der Waals surface area contributed by atoms with Crippen LogP contribution in [0.1, 0.15) is 88.7 Å². The number of esters is 1. The van der Waals surface area contributed by atoms with Crippen LogP contribution in [-0.2, 0) is 27.2 Å². The number of aliphatic carboxylic acids is 1. The predicted molar refractivity (Wildman–Crippen MR) is 133 cm³/mol. The highest BCUT2D eigenvalue weighted by Crippen LogP contribution is 2.48. The summed E-state index contributed by atoms with van der Waals surface area (Å²) in [7, 11) is 0. The minimum Gasteiger partial charge on any atom is -0.482 e. The molecule has 6 nitrogen and oxygen atoms in total. The summed E-state index contributed by atoms with van der Waals surface area (Å²) in [5.74, 6) is 0.735. The van der Waals surface area contributed by atoms with Gasteiger partial charge in [-0.3, -0.25) is 4.79 Å². The minimum atomic E-state index is -0.977. The minimum absolute atomic E-state index is 0.00525. The van der Waals surface area contributed by atoms with E-state index in [1.165, 1.54) is 5.56 Å². The second-order valence-electron chi connectivity index (χ2n) is 11.0. The van der Waals surface area contributed by atoms with E-state index in [4.69, 9.17) is 14.6 Å². The molecular weight excluding hydrogens is 444 g/mol. The number of benzene rings is 1. The Morgan fingerprint density at radius 3 is 2.66 bits per heavy atom. The SMILES string of the molecule is CCCCC[C@@H](CC[C@@H]1[C@H]2Cc3cccc(OCC(=O)O)c3C[C@H]2C[C@H]1O)OC(=O)C1CCCC1. The number of carbonyl (C=O) groups excluding carboxylic acids is 1. The Morgan fingerprint density at radius 2 is 1.91 bits per heavy atom. The zero-order valence-corrected chi connectivity index (χ0v) is 21.1. The second-order valence-corrected chi connectivity index (χ2v) is 11.0. The molecule has 1 aromatic carbocycles. The van der Waals surface area contributed by atoms with E-state index in [0.29, 0.717) is 17.6 Å². The smallest absolute Gasteiger partial charge is 0.341 e. The number of hydrogen-bond donors (Lipinski definition) is 2. The molecule has 0 saturated heterocycles. The number of aliphatic hydroxyl groups is 1. The van der Waals surface area contributed by atoms with Crippen molar-refractivity contribution in [1.82, 2.24) is 0 Å². The van der Waals surface area contributed by atoms with E-state index in [0.717, 1.165) is 89.0 Å². The van der Waals surface area contributed by atoms with Gasteiger partial charge >= 0.3 is 11.9 Å². The predicted octanol–water partition coefficient (Wildman–Crippen LogP) is 5.32. The maximum Gasteiger partial charge on any atom is 0.341 e. The van der Waals surface area contributed by atoms with Gasteiger partial charge in [0.15, 0.2) is 6.61 Å². The van der Waals surface area contributed by atoms with Crippen LogP contribution in [0.5, 0.6) is 5.75 Å². The molecule has 0 aliphatic heterocycles. The van der Waals surface area contributed by atoms with E-state index < -0.39 is 5.97 Å². The van der Waals surface area contributed by atoms with Gasteiger partial charge in [0, 0.05) is 0 Å². The van der Waals surface area contributed by atoms with Gasteiger partial charge in [-0.1, -0.05) is 44.7 Å². The van der Waals surface area contributed by atoms with E-state index >= 15 is 0 Å². The average Bonchev–Trinajstić information content (AvgIpc) is 3.47. The Bertz CT molecular complexity index is 861. The van der Waals surface area contributed by atoms with Crippen LogP contribution < -0.4 is 4.74 Å². The van der Waals surface area contributed by atoms with E-state index in [1.807, 2.05) is 12.1 Å². The number of hydrogen-bond acceptors (Lipinski definition) is 5. The molecule has 0 radical (unpaired) electrons. The molecule has 1 aromatic rings. The molecule has 0 aromatic heterocycles. The number of carbonyl (C=O) groups is 2. The molecule has 0 amide bonds. The van der Waals surface area contributed by atoms with Gasteiger partial charge in [0.25, 0.3) is 0 Å². The third-order valence-corrected chi connectivity index (χ3v) is 8.62. The molecule has 0 unspecified atom stereocenters. The summed E-state index contributed by atoms with van der Waals surface area (Å²) in [6.45, 7) is 1.85. The summed E-state index contributed by atoms with van der Waals surface area (Å²) in [6.07, 6.45) is 12.2. The molecule has 3 aliphatic rings. The fourth-order valence-electron chi connectivity index (χ4n) is 6.76. The Labute approximate surface area is 209 Å². The summed E-state index contributed by atoms with van der Waals surface area (Å²) < 4.78 is 11.6. The highest BCUT2D eigenvalue weighted by molar-refractivity contribution is 5.72. The summed E-state index contributed by atoms with van der Waals surface area (Å²) in [5, 5.41) is 20.0. The third-order valence-electron chi connectivity index (χ3n) is 8.62. The molecule has 35 heavy (non-hydrogen) atoms. The van der Waals surface area contributed by atoms with Crippen molar-refractivity contribution in [3.05, 3.63) is 29.3 Å². The van der Waals surface area contributed by atoms with Gasteiger partial charge < -0.3 is 19.7 Å². The zero-order valence-electron chi connectivity index (χ0n) is 21.1. The molecule has 2 saturated carbocycles. The number of carboxylic acids is 1. The Kier molecular flexibility index (Phi) is 9.10. The van der Waals surface area contributed by atoms with Crippen LogP contribution >= 0.6 is 0 Å². The van der Waals surface area contributed by atoms with Crippen molar-refractivity contribution >= 4 is 11.9 Å². The third kappa shape index (κ3) is 6.58. The molecular formula is C29H42O6. The van der Waals surface area contributed by atoms with Crippen molar-refractivity contribution < 1.29 is 29.3 Å². The van der Waals surface area contributed by atoms with Crippen molar-refractivity contribution in [2.45, 2.75) is 103 Å². The second kappa shape index (κ2) is 12.2. The standard InChI is InChI=1S/C29H42O6/c1-2-3-4-11-22(35-29(33)19-8-5-6-9-19)13-14-23-24-15-20-10-7-12-27(34-18-28(31)32)25(20)16-21(24)17-26(23)30/h7,10,12,19,21-24,26,30H,2-6,8-9,11,13-18H2,1H3,(H,31,32)/t21-,22-,23+,24-,26+/m0/s1. The molecule has 6 heteroatoms. The molecule has 4 rings (SSSR count). The van der Waals surface area contributed by atoms with Crippen LogP contribution in [0.4, 0.5) is 0 Å². The number of carboxylic acid groups (broad SMARTS) is 1. The number of unbranched alkanes of at least 4 members (excludes halogenated alkanes) is 2. The summed E-state index contributed by atoms with van der Waals surface area (Å²) >= 11 is 0. The Balaban J connectivity index is 1.39. The first-order chi connectivity index (χ1) is 17.0. The lowest BCUT2D eigenvalue weighted by Gasteiger charge is -2.33. The molecule has 0 spiro atoms. The van der Waals surface area contributed by atoms with Crippen LogP contribution in [0.2, 0.25) is 0 Å². The fraction of sp³-hybridized carbons (Fsp3) is 0.724. The van der Waals surface area contributed by atoms with Crippen molar-refractivity contribution in [2.24, 2.45) is 23.7 Å². The van der Waals surface area contributed by atoms with Gasteiger partial charge in [0.2, 0.25) is 0 Å². The summed E-state index contributed by atoms with van der Waals surface area (Å²) in [5.41, 5.74) is 2.31. The van der Waals surface area contributed by atoms with E-state index in [2.05, 4.69) is 13.0 Å². The Morgan fingerprint density at radius 1 is 1.11 bits per heavy atom. The highest BCUT2D eigenvalue weighted by Gasteiger charge is 2.45. The summed E-state index contributed by atoms with van der Waals surface area (Å²) in [4.78, 5) is 23.7. The number of aliphatic hydroxyl groups excluding tert-OH is 1. The number of ether oxygens (including phenoxy) is 2. The van der Waals surface area contributed by atoms with E-state index in [-0.39, 0.29) is 36.6 Å². The summed E-state index contributed by atoms with van der Waals surface area (Å²) in [6, 6.07) is 5.89. The van der Waals surface area contributed by atoms with Gasteiger partial charge in [0.05, 0.1) is 12.0 Å². The average molecular weight is 487 g/mol. The molecule has 0 heterocycles. The van der Waals surface area contributed by atoms with Crippen molar-refractivity contribution in [2.75, 3.05) is 6.61 Å². The normalized spacial score (nSPS) is 26.7. The maximum atomic E-state index is 12.7. The molecule has 3 aliphatic carbocycles. The lowest BCUT2D eigenvalue weighted by molar-refractivity contribution is -0.155. The van der Waals surface area contributed by atoms with Crippen molar-refractivity contribution in [3.63, 3.8) is 0 Å². The lowest BCUT2D eigenvalue weighted by Crippen LogP contribution is -2.29. The van der Waals surface area contributed by atoms with E-state index in [1.54, 1.807) is 0 Å². The monoisotopic (exact) mass is 486 g/mol. The molecule has 2 N–H and O–H groups in total. The highest BCUT2D eigenvalue weighted by atomic mass is 16.5. The lowest BCUT2D eigenvalue weighted by atomic mass is 9.73. The van der Waals surface area contributed by atoms with E-state index in [9.17, 15) is 14.7 Å². The quantitative estimate of drug-likeness (QED) is 0.307. The first-order valence-corrected chi connectivity index (χ1v) is 13.8. The topological polar surface area (TPSA) is 93.1 Å². The first kappa shape index (κ1) is 26.0. The van der Waals surface area contributed by atoms with Gasteiger partial charge in [-0.05, 0) is 92.7 Å². The van der Waals surface area contributed by atoms with Crippen LogP contribution in [-0.4, -0.2) is 41.0 Å². The van der Waals surface area contributed by atoms with Crippen molar-refractivity contribution in [1.29, 1.82) is 0 Å². The molecule has 5 atom stereocenters. The van der Waals surface area contributed by atoms with Gasteiger partial charge in [-0.2, -0.15) is 0 Å². The molecule has 194 valence electrons. The van der Waals surface area contributed by atoms with Gasteiger partial charge in [0.1, 0.15) is 11.9 Å². The molecule has 0 bridgehead atoms. The largest absolute Gasteiger partial charge is 0.482 e. The van der Waals surface area contributed by atoms with Gasteiger partial charge in [-0.15, -0.1) is 0 Å². The number of rotatable bonds is 12. The number of fused-ring (bicyclic) bond motifs is 2. The fourth-order valence-corrected chi connectivity index (χ4v) is 6.76. The van der Waals surface area contributed by atoms with Crippen LogP contribution in [0, 0.1) is 23.7 Å². The molecule has 2 fully saturated rings. The maximum absolute atomic E-state index is 12.7.